The van der Waals surface area contributed by atoms with Crippen LogP contribution < -0.4 is 9.62 Å². The zero-order chi connectivity index (χ0) is 26.9. The number of hydrogen-bond acceptors (Lipinski definition) is 4. The molecule has 2 aromatic rings. The first-order valence-electron chi connectivity index (χ1n) is 12.1. The topological polar surface area (TPSA) is 86.8 Å². The molecule has 0 bridgehead atoms. The van der Waals surface area contributed by atoms with E-state index in [9.17, 15) is 18.0 Å². The van der Waals surface area contributed by atoms with E-state index in [-0.39, 0.29) is 37.7 Å². The molecule has 2 rings (SSSR count). The standard InChI is InChI=1S/C26H35Cl2N3O4S/c1-5-19-13-15-20(16-14-19)31(36(4,34)35)17-9-12-25(32)30(24(6-2)26(33)29-7-3)18-21-22(27)10-8-11-23(21)28/h8,10-11,13-16,24H,5-7,9,12,17-18H2,1-4H3,(H,29,33). The minimum absolute atomic E-state index is 0.0526. The highest BCUT2D eigenvalue weighted by Crippen LogP contribution is 2.27. The SMILES string of the molecule is CCNC(=O)C(CC)N(Cc1c(Cl)cccc1Cl)C(=O)CCCN(c1ccc(CC)cc1)S(C)(=O)=O. The zero-order valence-electron chi connectivity index (χ0n) is 21.3. The molecule has 2 amide bonds. The van der Waals surface area contributed by atoms with Crippen LogP contribution in [0.15, 0.2) is 42.5 Å². The van der Waals surface area contributed by atoms with E-state index < -0.39 is 16.1 Å². The van der Waals surface area contributed by atoms with Gasteiger partial charge in [-0.05, 0) is 56.0 Å². The van der Waals surface area contributed by atoms with Gasteiger partial charge in [0.1, 0.15) is 6.04 Å². The van der Waals surface area contributed by atoms with E-state index in [0.29, 0.717) is 34.3 Å². The van der Waals surface area contributed by atoms with Crippen molar-refractivity contribution in [1.29, 1.82) is 0 Å². The fraction of sp³-hybridized carbons (Fsp3) is 0.462. The highest BCUT2D eigenvalue weighted by molar-refractivity contribution is 7.92. The number of carbonyl (C=O) groups excluding carboxylic acids is 2. The molecule has 0 heterocycles. The summed E-state index contributed by atoms with van der Waals surface area (Å²) in [5, 5.41) is 3.60. The molecule has 0 aliphatic heterocycles. The zero-order valence-corrected chi connectivity index (χ0v) is 23.6. The van der Waals surface area contributed by atoms with Crippen LogP contribution in [0, 0.1) is 0 Å². The minimum atomic E-state index is -3.55. The molecule has 0 aromatic heterocycles. The second-order valence-corrected chi connectivity index (χ2v) is 11.2. The molecule has 198 valence electrons. The monoisotopic (exact) mass is 555 g/mol. The summed E-state index contributed by atoms with van der Waals surface area (Å²) in [7, 11) is -3.55. The van der Waals surface area contributed by atoms with Gasteiger partial charge in [-0.25, -0.2) is 8.42 Å². The summed E-state index contributed by atoms with van der Waals surface area (Å²) in [5.74, 6) is -0.538. The average Bonchev–Trinajstić information content (AvgIpc) is 2.83. The van der Waals surface area contributed by atoms with Crippen LogP contribution in [0.25, 0.3) is 0 Å². The lowest BCUT2D eigenvalue weighted by Gasteiger charge is -2.31. The van der Waals surface area contributed by atoms with Crippen LogP contribution in [0.5, 0.6) is 0 Å². The summed E-state index contributed by atoms with van der Waals surface area (Å²) < 4.78 is 26.3. The van der Waals surface area contributed by atoms with Crippen molar-refractivity contribution in [1.82, 2.24) is 10.2 Å². The van der Waals surface area contributed by atoms with Crippen molar-refractivity contribution in [3.05, 3.63) is 63.6 Å². The van der Waals surface area contributed by atoms with Gasteiger partial charge in [-0.1, -0.05) is 55.2 Å². The van der Waals surface area contributed by atoms with Gasteiger partial charge >= 0.3 is 0 Å². The quantitative estimate of drug-likeness (QED) is 0.374. The van der Waals surface area contributed by atoms with Crippen LogP contribution in [0.4, 0.5) is 5.69 Å². The number of carbonyl (C=O) groups is 2. The minimum Gasteiger partial charge on any atom is -0.355 e. The number of halogens is 2. The molecule has 0 saturated carbocycles. The van der Waals surface area contributed by atoms with E-state index in [4.69, 9.17) is 23.2 Å². The van der Waals surface area contributed by atoms with Gasteiger partial charge in [0.05, 0.1) is 11.9 Å². The number of likely N-dealkylation sites (N-methyl/N-ethyl adjacent to an activating group) is 1. The second-order valence-electron chi connectivity index (χ2n) is 8.50. The third-order valence-corrected chi connectivity index (χ3v) is 7.81. The maximum absolute atomic E-state index is 13.4. The molecule has 0 fully saturated rings. The molecule has 0 aliphatic carbocycles. The Morgan fingerprint density at radius 3 is 2.11 bits per heavy atom. The molecule has 0 saturated heterocycles. The Morgan fingerprint density at radius 1 is 1.00 bits per heavy atom. The van der Waals surface area contributed by atoms with Gasteiger partial charge < -0.3 is 10.2 Å². The number of rotatable bonds is 13. The molecule has 1 N–H and O–H groups in total. The van der Waals surface area contributed by atoms with Crippen molar-refractivity contribution >= 4 is 50.7 Å². The van der Waals surface area contributed by atoms with Gasteiger partial charge in [0.2, 0.25) is 21.8 Å². The Morgan fingerprint density at radius 2 is 1.61 bits per heavy atom. The average molecular weight is 557 g/mol. The first kappa shape index (κ1) is 29.9. The number of benzene rings is 2. The summed E-state index contributed by atoms with van der Waals surface area (Å²) in [5.41, 5.74) is 2.22. The Labute approximate surface area is 224 Å². The lowest BCUT2D eigenvalue weighted by Crippen LogP contribution is -2.49. The second kappa shape index (κ2) is 13.9. The van der Waals surface area contributed by atoms with Crippen LogP contribution in [0.1, 0.15) is 51.2 Å². The van der Waals surface area contributed by atoms with E-state index in [2.05, 4.69) is 5.32 Å². The highest BCUT2D eigenvalue weighted by atomic mass is 35.5. The predicted octanol–water partition coefficient (Wildman–Crippen LogP) is 5.05. The van der Waals surface area contributed by atoms with E-state index in [0.717, 1.165) is 18.2 Å². The van der Waals surface area contributed by atoms with Crippen molar-refractivity contribution in [2.75, 3.05) is 23.7 Å². The molecule has 7 nitrogen and oxygen atoms in total. The Bertz CT molecular complexity index is 1120. The van der Waals surface area contributed by atoms with Crippen molar-refractivity contribution in [3.8, 4) is 0 Å². The molecule has 0 radical (unpaired) electrons. The molecule has 36 heavy (non-hydrogen) atoms. The van der Waals surface area contributed by atoms with E-state index in [1.807, 2.05) is 32.9 Å². The first-order chi connectivity index (χ1) is 17.0. The number of aryl methyl sites for hydroxylation is 1. The number of nitrogens with zero attached hydrogens (tertiary/aromatic N) is 2. The van der Waals surface area contributed by atoms with Crippen LogP contribution in [0.2, 0.25) is 10.0 Å². The maximum Gasteiger partial charge on any atom is 0.242 e. The smallest absolute Gasteiger partial charge is 0.242 e. The van der Waals surface area contributed by atoms with Crippen LogP contribution in [-0.4, -0.2) is 50.5 Å². The number of amides is 2. The third kappa shape index (κ3) is 8.11. The predicted molar refractivity (Wildman–Crippen MR) is 147 cm³/mol. The number of sulfonamides is 1. The first-order valence-corrected chi connectivity index (χ1v) is 14.7. The molecule has 1 atom stereocenters. The van der Waals surface area contributed by atoms with Gasteiger partial charge in [0.15, 0.2) is 0 Å². The van der Waals surface area contributed by atoms with Gasteiger partial charge in [0, 0.05) is 41.7 Å². The summed E-state index contributed by atoms with van der Waals surface area (Å²) in [6.45, 7) is 6.31. The summed E-state index contributed by atoms with van der Waals surface area (Å²) in [4.78, 5) is 27.7. The van der Waals surface area contributed by atoms with Crippen molar-refractivity contribution < 1.29 is 18.0 Å². The van der Waals surface area contributed by atoms with Crippen molar-refractivity contribution in [2.24, 2.45) is 0 Å². The Hall–Kier alpha value is -2.29. The van der Waals surface area contributed by atoms with Gasteiger partial charge in [-0.3, -0.25) is 13.9 Å². The lowest BCUT2D eigenvalue weighted by atomic mass is 10.1. The molecule has 0 aliphatic rings. The Kier molecular flexibility index (Phi) is 11.5. The lowest BCUT2D eigenvalue weighted by molar-refractivity contribution is -0.141. The highest BCUT2D eigenvalue weighted by Gasteiger charge is 2.29. The molecule has 1 unspecified atom stereocenters. The molecule has 0 spiro atoms. The van der Waals surface area contributed by atoms with Gasteiger partial charge in [-0.2, -0.15) is 0 Å². The molecule has 10 heteroatoms. The third-order valence-electron chi connectivity index (χ3n) is 5.91. The van der Waals surface area contributed by atoms with Gasteiger partial charge in [-0.15, -0.1) is 0 Å². The maximum atomic E-state index is 13.4. The fourth-order valence-corrected chi connectivity index (χ4v) is 5.45. The van der Waals surface area contributed by atoms with Gasteiger partial charge in [0.25, 0.3) is 0 Å². The van der Waals surface area contributed by atoms with E-state index in [1.54, 1.807) is 30.3 Å². The summed E-state index contributed by atoms with van der Waals surface area (Å²) >= 11 is 12.7. The van der Waals surface area contributed by atoms with Crippen LogP contribution >= 0.6 is 23.2 Å². The van der Waals surface area contributed by atoms with Crippen molar-refractivity contribution in [2.45, 2.75) is 59.0 Å². The van der Waals surface area contributed by atoms with E-state index in [1.165, 1.54) is 9.21 Å². The van der Waals surface area contributed by atoms with Crippen LogP contribution in [-0.2, 0) is 32.6 Å². The van der Waals surface area contributed by atoms with Crippen molar-refractivity contribution in [3.63, 3.8) is 0 Å². The fourth-order valence-electron chi connectivity index (χ4n) is 3.97. The number of nitrogens with one attached hydrogen (secondary N) is 1. The van der Waals surface area contributed by atoms with E-state index >= 15 is 0 Å². The Balaban J connectivity index is 2.24. The summed E-state index contributed by atoms with van der Waals surface area (Å²) in [6.07, 6.45) is 2.73. The normalized spacial score (nSPS) is 12.2. The number of anilines is 1. The largest absolute Gasteiger partial charge is 0.355 e. The molecule has 2 aromatic carbocycles. The number of hydrogen-bond donors (Lipinski definition) is 1. The molecular weight excluding hydrogens is 521 g/mol. The molecular formula is C26H35Cl2N3O4S. The summed E-state index contributed by atoms with van der Waals surface area (Å²) in [6, 6.07) is 11.7. The van der Waals surface area contributed by atoms with Crippen LogP contribution in [0.3, 0.4) is 0 Å².